The minimum atomic E-state index is -0.876. The third-order valence-electron chi connectivity index (χ3n) is 6.32. The van der Waals surface area contributed by atoms with E-state index in [1.165, 1.54) is 0 Å². The number of esters is 2. The fourth-order valence-electron chi connectivity index (χ4n) is 5.86. The summed E-state index contributed by atoms with van der Waals surface area (Å²) >= 11 is 0. The van der Waals surface area contributed by atoms with Crippen molar-refractivity contribution < 1.29 is 29.0 Å². The van der Waals surface area contributed by atoms with Gasteiger partial charge in [0, 0.05) is 12.3 Å². The van der Waals surface area contributed by atoms with Crippen molar-refractivity contribution in [3.8, 4) is 0 Å². The van der Waals surface area contributed by atoms with Gasteiger partial charge in [-0.1, -0.05) is 0 Å². The topological polar surface area (TPSA) is 97.7 Å². The number of hydrogen-bond acceptors (Lipinski definition) is 5. The third-order valence-corrected chi connectivity index (χ3v) is 6.32. The molecule has 112 valence electrons. The summed E-state index contributed by atoms with van der Waals surface area (Å²) in [6.45, 7) is 0. The highest BCUT2D eigenvalue weighted by Gasteiger charge is 2.68. The second-order valence-corrected chi connectivity index (χ2v) is 6.89. The summed E-state index contributed by atoms with van der Waals surface area (Å²) in [6, 6.07) is 0. The lowest BCUT2D eigenvalue weighted by molar-refractivity contribution is -0.175. The quantitative estimate of drug-likeness (QED) is 0.452. The first-order chi connectivity index (χ1) is 10.0. The van der Waals surface area contributed by atoms with Gasteiger partial charge >= 0.3 is 17.9 Å². The summed E-state index contributed by atoms with van der Waals surface area (Å²) in [4.78, 5) is 46.4. The maximum atomic E-state index is 12.0. The highest BCUT2D eigenvalue weighted by Crippen LogP contribution is 2.67. The van der Waals surface area contributed by atoms with Gasteiger partial charge in [-0.25, -0.2) is 0 Å². The minimum absolute atomic E-state index is 0.0218. The van der Waals surface area contributed by atoms with Crippen LogP contribution in [-0.4, -0.2) is 29.3 Å². The number of fused-ring (bicyclic) bond motifs is 8. The number of cyclic esters (lactones) is 2. The lowest BCUT2D eigenvalue weighted by atomic mass is 9.65. The maximum Gasteiger partial charge on any atom is 0.317 e. The molecule has 4 fully saturated rings. The molecule has 3 saturated carbocycles. The molecule has 0 spiro atoms. The second-order valence-electron chi connectivity index (χ2n) is 6.89. The van der Waals surface area contributed by atoms with Crippen LogP contribution >= 0.6 is 0 Å². The van der Waals surface area contributed by atoms with Crippen molar-refractivity contribution in [3.05, 3.63) is 0 Å². The number of hydrogen-bond donors (Lipinski definition) is 1. The van der Waals surface area contributed by atoms with Gasteiger partial charge < -0.3 is 14.6 Å². The molecule has 1 saturated heterocycles. The van der Waals surface area contributed by atoms with E-state index in [0.29, 0.717) is 6.42 Å². The van der Waals surface area contributed by atoms with Crippen LogP contribution in [0.1, 0.15) is 19.3 Å². The molecule has 0 aromatic rings. The molecule has 1 aliphatic heterocycles. The maximum absolute atomic E-state index is 12.0. The molecule has 6 nitrogen and oxygen atoms in total. The largest absolute Gasteiger partial charge is 0.481 e. The van der Waals surface area contributed by atoms with Gasteiger partial charge in [0.25, 0.3) is 0 Å². The van der Waals surface area contributed by atoms with Crippen LogP contribution in [0.2, 0.25) is 0 Å². The summed E-state index contributed by atoms with van der Waals surface area (Å²) in [5.74, 6) is -3.08. The number of rotatable bonds is 2. The fourth-order valence-corrected chi connectivity index (χ4v) is 5.86. The molecule has 0 aromatic carbocycles. The highest BCUT2D eigenvalue weighted by atomic mass is 16.6. The summed E-state index contributed by atoms with van der Waals surface area (Å²) < 4.78 is 4.76. The average molecular weight is 292 g/mol. The number of aldehydes is 1. The Hall–Kier alpha value is -1.72. The van der Waals surface area contributed by atoms with E-state index in [9.17, 15) is 24.3 Å². The number of carbonyl (C=O) groups is 4. The van der Waals surface area contributed by atoms with Crippen LogP contribution in [-0.2, 0) is 23.9 Å². The molecule has 4 rings (SSSR count). The SMILES string of the molecule is O=CC1CC(C(=O)O)C2C3CC(C4CC(=O)OC(=O)C43)C12. The first kappa shape index (κ1) is 13.0. The molecule has 21 heavy (non-hydrogen) atoms. The number of ether oxygens (including phenoxy) is 1. The van der Waals surface area contributed by atoms with E-state index in [1.807, 2.05) is 0 Å². The zero-order valence-electron chi connectivity index (χ0n) is 11.3. The van der Waals surface area contributed by atoms with Crippen molar-refractivity contribution in [2.45, 2.75) is 19.3 Å². The Morgan fingerprint density at radius 1 is 1.14 bits per heavy atom. The molecule has 6 heteroatoms. The van der Waals surface area contributed by atoms with Crippen molar-refractivity contribution in [2.75, 3.05) is 0 Å². The molecule has 1 N–H and O–H groups in total. The van der Waals surface area contributed by atoms with Crippen LogP contribution in [0.3, 0.4) is 0 Å². The Morgan fingerprint density at radius 2 is 1.90 bits per heavy atom. The van der Waals surface area contributed by atoms with E-state index in [0.717, 1.165) is 12.7 Å². The monoisotopic (exact) mass is 292 g/mol. The number of aliphatic carboxylic acids is 1. The van der Waals surface area contributed by atoms with Gasteiger partial charge in [-0.05, 0) is 42.4 Å². The van der Waals surface area contributed by atoms with Gasteiger partial charge in [0.1, 0.15) is 6.29 Å². The van der Waals surface area contributed by atoms with E-state index in [4.69, 9.17) is 4.74 Å². The molecule has 3 aliphatic carbocycles. The molecule has 0 aromatic heterocycles. The Bertz CT molecular complexity index is 554. The van der Waals surface area contributed by atoms with Gasteiger partial charge in [0.15, 0.2) is 0 Å². The average Bonchev–Trinajstić information content (AvgIpc) is 3.05. The summed E-state index contributed by atoms with van der Waals surface area (Å²) in [7, 11) is 0. The van der Waals surface area contributed by atoms with Crippen LogP contribution in [0, 0.1) is 47.3 Å². The lowest BCUT2D eigenvalue weighted by Gasteiger charge is -2.40. The highest BCUT2D eigenvalue weighted by molar-refractivity contribution is 5.91. The molecule has 2 bridgehead atoms. The van der Waals surface area contributed by atoms with Crippen molar-refractivity contribution in [2.24, 2.45) is 47.3 Å². The summed E-state index contributed by atoms with van der Waals surface area (Å²) in [6.07, 6.45) is 2.22. The Balaban J connectivity index is 1.72. The Labute approximate surface area is 120 Å². The minimum Gasteiger partial charge on any atom is -0.481 e. The molecule has 0 radical (unpaired) electrons. The standard InChI is InChI=1S/C15H16O6/c16-4-5-1-9(14(18)19)12-8-2-6(11(5)12)7-3-10(17)21-15(20)13(7)8/h4-9,11-13H,1-3H2,(H,18,19). The van der Waals surface area contributed by atoms with Crippen molar-refractivity contribution in [3.63, 3.8) is 0 Å². The first-order valence-electron chi connectivity index (χ1n) is 7.45. The number of carboxylic acids is 1. The predicted molar refractivity (Wildman–Crippen MR) is 66.6 cm³/mol. The van der Waals surface area contributed by atoms with E-state index >= 15 is 0 Å². The zero-order valence-corrected chi connectivity index (χ0v) is 11.3. The first-order valence-corrected chi connectivity index (χ1v) is 7.45. The van der Waals surface area contributed by atoms with E-state index in [2.05, 4.69) is 0 Å². The molecule has 8 unspecified atom stereocenters. The molecule has 4 aliphatic rings. The Morgan fingerprint density at radius 3 is 2.57 bits per heavy atom. The van der Waals surface area contributed by atoms with E-state index in [-0.39, 0.29) is 47.8 Å². The van der Waals surface area contributed by atoms with Gasteiger partial charge in [0.2, 0.25) is 0 Å². The molecule has 0 amide bonds. The van der Waals surface area contributed by atoms with Crippen LogP contribution in [0.4, 0.5) is 0 Å². The van der Waals surface area contributed by atoms with Gasteiger partial charge in [-0.3, -0.25) is 14.4 Å². The van der Waals surface area contributed by atoms with Gasteiger partial charge in [-0.15, -0.1) is 0 Å². The van der Waals surface area contributed by atoms with Crippen molar-refractivity contribution >= 4 is 24.2 Å². The molecular weight excluding hydrogens is 276 g/mol. The molecule has 1 heterocycles. The number of carbonyl (C=O) groups excluding carboxylic acids is 3. The normalized spacial score (nSPS) is 50.5. The van der Waals surface area contributed by atoms with Crippen LogP contribution in [0.25, 0.3) is 0 Å². The zero-order chi connectivity index (χ0) is 14.9. The fraction of sp³-hybridized carbons (Fsp3) is 0.733. The van der Waals surface area contributed by atoms with Crippen LogP contribution < -0.4 is 0 Å². The third kappa shape index (κ3) is 1.53. The summed E-state index contributed by atoms with van der Waals surface area (Å²) in [5, 5.41) is 9.42. The van der Waals surface area contributed by atoms with E-state index < -0.39 is 23.8 Å². The second kappa shape index (κ2) is 4.15. The van der Waals surface area contributed by atoms with Gasteiger partial charge in [0.05, 0.1) is 11.8 Å². The van der Waals surface area contributed by atoms with Crippen molar-refractivity contribution in [1.82, 2.24) is 0 Å². The molecule has 8 atom stereocenters. The summed E-state index contributed by atoms with van der Waals surface area (Å²) in [5.41, 5.74) is 0. The molecular formula is C15H16O6. The van der Waals surface area contributed by atoms with Crippen LogP contribution in [0.5, 0.6) is 0 Å². The Kier molecular flexibility index (Phi) is 2.56. The van der Waals surface area contributed by atoms with E-state index in [1.54, 1.807) is 0 Å². The lowest BCUT2D eigenvalue weighted by Crippen LogP contribution is -2.46. The smallest absolute Gasteiger partial charge is 0.317 e. The predicted octanol–water partition coefficient (Wildman–Crippen LogP) is 0.494. The number of carboxylic acid groups (broad SMARTS) is 1. The van der Waals surface area contributed by atoms with Crippen LogP contribution in [0.15, 0.2) is 0 Å². The van der Waals surface area contributed by atoms with Crippen molar-refractivity contribution in [1.29, 1.82) is 0 Å². The van der Waals surface area contributed by atoms with Gasteiger partial charge in [-0.2, -0.15) is 0 Å².